The van der Waals surface area contributed by atoms with Crippen molar-refractivity contribution in [1.29, 1.82) is 0 Å². The van der Waals surface area contributed by atoms with E-state index in [1.807, 2.05) is 55.8 Å². The van der Waals surface area contributed by atoms with E-state index in [4.69, 9.17) is 0 Å². The number of benzene rings is 1. The maximum Gasteiger partial charge on any atom is 0.319 e. The third-order valence-electron chi connectivity index (χ3n) is 4.06. The summed E-state index contributed by atoms with van der Waals surface area (Å²) in [7, 11) is 0. The second-order valence-electron chi connectivity index (χ2n) is 7.82. The molecule has 2 amide bonds. The molecule has 28 heavy (non-hydrogen) atoms. The first-order chi connectivity index (χ1) is 13.3. The van der Waals surface area contributed by atoms with Crippen LogP contribution in [0.1, 0.15) is 52.1 Å². The number of anilines is 1. The predicted molar refractivity (Wildman–Crippen MR) is 106 cm³/mol. The molecular weight excluding hydrogens is 356 g/mol. The molecule has 0 bridgehead atoms. The Morgan fingerprint density at radius 3 is 2.50 bits per heavy atom. The number of para-hydroxylation sites is 1. The quantitative estimate of drug-likeness (QED) is 0.706. The highest BCUT2D eigenvalue weighted by Gasteiger charge is 2.19. The van der Waals surface area contributed by atoms with Gasteiger partial charge < -0.3 is 10.6 Å². The number of nitrogens with one attached hydrogen (secondary N) is 2. The molecular formula is C19H26N8O. The van der Waals surface area contributed by atoms with Gasteiger partial charge in [0.2, 0.25) is 0 Å². The van der Waals surface area contributed by atoms with Crippen LogP contribution in [0.2, 0.25) is 0 Å². The summed E-state index contributed by atoms with van der Waals surface area (Å²) in [4.78, 5) is 13.9. The number of amides is 2. The Labute approximate surface area is 164 Å². The normalized spacial score (nSPS) is 11.6. The topological polar surface area (TPSA) is 103 Å². The highest BCUT2D eigenvalue weighted by Crippen LogP contribution is 2.26. The third-order valence-corrected chi connectivity index (χ3v) is 4.06. The number of nitrogens with zero attached hydrogens (tertiary/aromatic N) is 6. The van der Waals surface area contributed by atoms with Gasteiger partial charge in [0.1, 0.15) is 0 Å². The lowest BCUT2D eigenvalue weighted by atomic mass is 10.1. The minimum absolute atomic E-state index is 0.173. The number of hydrogen-bond donors (Lipinski definition) is 2. The van der Waals surface area contributed by atoms with E-state index in [0.29, 0.717) is 11.5 Å². The zero-order valence-electron chi connectivity index (χ0n) is 16.8. The van der Waals surface area contributed by atoms with Crippen LogP contribution in [0.4, 0.5) is 10.5 Å². The van der Waals surface area contributed by atoms with Gasteiger partial charge in [0.15, 0.2) is 5.82 Å². The molecule has 0 aliphatic carbocycles. The minimum atomic E-state index is -0.346. The highest BCUT2D eigenvalue weighted by atomic mass is 16.2. The predicted octanol–water partition coefficient (Wildman–Crippen LogP) is 3.06. The molecule has 148 valence electrons. The van der Waals surface area contributed by atoms with Crippen molar-refractivity contribution in [3.05, 3.63) is 48.0 Å². The number of carbonyl (C=O) groups excluding carboxylic acids is 1. The van der Waals surface area contributed by atoms with E-state index in [0.717, 1.165) is 11.4 Å². The summed E-state index contributed by atoms with van der Waals surface area (Å²) in [5, 5.41) is 22.4. The fourth-order valence-corrected chi connectivity index (χ4v) is 2.71. The van der Waals surface area contributed by atoms with Gasteiger partial charge in [0.05, 0.1) is 35.3 Å². The minimum Gasteiger partial charge on any atom is -0.330 e. The molecule has 2 heterocycles. The zero-order valence-corrected chi connectivity index (χ0v) is 16.8. The molecule has 2 aromatic heterocycles. The van der Waals surface area contributed by atoms with E-state index in [1.54, 1.807) is 6.20 Å². The molecule has 9 nitrogen and oxygen atoms in total. The molecule has 0 spiro atoms. The van der Waals surface area contributed by atoms with Gasteiger partial charge in [0.25, 0.3) is 0 Å². The van der Waals surface area contributed by atoms with Crippen molar-refractivity contribution in [2.75, 3.05) is 5.32 Å². The molecule has 0 aliphatic rings. The molecule has 0 aliphatic heterocycles. The SMILES string of the molecule is CC(C)c1c(NC(=O)NCc2nnn(C(C)(C)C)n2)cnn1-c1ccccc1. The molecule has 3 aromatic rings. The lowest BCUT2D eigenvalue weighted by Crippen LogP contribution is -2.29. The van der Waals surface area contributed by atoms with E-state index in [1.165, 1.54) is 4.80 Å². The Hall–Kier alpha value is -3.23. The second-order valence-corrected chi connectivity index (χ2v) is 7.82. The van der Waals surface area contributed by atoms with Gasteiger partial charge in [-0.25, -0.2) is 9.48 Å². The van der Waals surface area contributed by atoms with E-state index in [9.17, 15) is 4.79 Å². The third kappa shape index (κ3) is 4.36. The second kappa shape index (κ2) is 7.79. The highest BCUT2D eigenvalue weighted by molar-refractivity contribution is 5.89. The average Bonchev–Trinajstić information content (AvgIpc) is 3.27. The van der Waals surface area contributed by atoms with E-state index >= 15 is 0 Å². The first kappa shape index (κ1) is 19.5. The van der Waals surface area contributed by atoms with E-state index in [2.05, 4.69) is 45.0 Å². The van der Waals surface area contributed by atoms with Crippen LogP contribution in [-0.2, 0) is 12.1 Å². The number of urea groups is 1. The van der Waals surface area contributed by atoms with Gasteiger partial charge in [-0.05, 0) is 44.0 Å². The Morgan fingerprint density at radius 2 is 1.89 bits per heavy atom. The van der Waals surface area contributed by atoms with Gasteiger partial charge in [-0.3, -0.25) is 0 Å². The zero-order chi connectivity index (χ0) is 20.3. The molecule has 1 aromatic carbocycles. The molecule has 0 atom stereocenters. The van der Waals surface area contributed by atoms with Crippen molar-refractivity contribution in [3.8, 4) is 5.69 Å². The molecule has 0 radical (unpaired) electrons. The van der Waals surface area contributed by atoms with Gasteiger partial charge in [-0.2, -0.15) is 9.90 Å². The summed E-state index contributed by atoms with van der Waals surface area (Å²) in [5.41, 5.74) is 2.29. The molecule has 0 unspecified atom stereocenters. The summed E-state index contributed by atoms with van der Waals surface area (Å²) in [6.07, 6.45) is 1.66. The van der Waals surface area contributed by atoms with Crippen LogP contribution in [0.15, 0.2) is 36.5 Å². The molecule has 0 saturated heterocycles. The summed E-state index contributed by atoms with van der Waals surface area (Å²) in [6.45, 7) is 10.3. The van der Waals surface area contributed by atoms with Crippen LogP contribution >= 0.6 is 0 Å². The van der Waals surface area contributed by atoms with Crippen molar-refractivity contribution in [2.24, 2.45) is 0 Å². The van der Waals surface area contributed by atoms with E-state index < -0.39 is 0 Å². The Morgan fingerprint density at radius 1 is 1.18 bits per heavy atom. The summed E-state index contributed by atoms with van der Waals surface area (Å²) in [6, 6.07) is 9.48. The molecule has 0 fully saturated rings. The van der Waals surface area contributed by atoms with Crippen LogP contribution in [-0.4, -0.2) is 36.0 Å². The van der Waals surface area contributed by atoms with Gasteiger partial charge in [-0.1, -0.05) is 32.0 Å². The van der Waals surface area contributed by atoms with Gasteiger partial charge in [0, 0.05) is 0 Å². The standard InChI is InChI=1S/C19H26N8O/c1-13(2)17-15(11-21-26(17)14-9-7-6-8-10-14)22-18(28)20-12-16-23-25-27(24-16)19(3,4)5/h6-11,13H,12H2,1-5H3,(H2,20,22,28). The number of tetrazole rings is 1. The molecule has 3 rings (SSSR count). The molecule has 0 saturated carbocycles. The molecule has 2 N–H and O–H groups in total. The maximum atomic E-state index is 12.4. The fourth-order valence-electron chi connectivity index (χ4n) is 2.71. The average molecular weight is 382 g/mol. The van der Waals surface area contributed by atoms with Crippen molar-refractivity contribution in [1.82, 2.24) is 35.3 Å². The van der Waals surface area contributed by atoms with Gasteiger partial charge >= 0.3 is 6.03 Å². The Balaban J connectivity index is 1.69. The number of hydrogen-bond acceptors (Lipinski definition) is 5. The smallest absolute Gasteiger partial charge is 0.319 e. The van der Waals surface area contributed by atoms with Crippen LogP contribution in [0, 0.1) is 0 Å². The van der Waals surface area contributed by atoms with Crippen LogP contribution < -0.4 is 10.6 Å². The Bertz CT molecular complexity index is 937. The summed E-state index contributed by atoms with van der Waals surface area (Å²) < 4.78 is 1.84. The molecule has 9 heteroatoms. The lowest BCUT2D eigenvalue weighted by Gasteiger charge is -2.15. The number of aromatic nitrogens is 6. The first-order valence-electron chi connectivity index (χ1n) is 9.23. The Kier molecular flexibility index (Phi) is 5.43. The summed E-state index contributed by atoms with van der Waals surface area (Å²) in [5.74, 6) is 0.625. The number of carbonyl (C=O) groups is 1. The summed E-state index contributed by atoms with van der Waals surface area (Å²) >= 11 is 0. The van der Waals surface area contributed by atoms with Crippen LogP contribution in [0.25, 0.3) is 5.69 Å². The first-order valence-corrected chi connectivity index (χ1v) is 9.23. The van der Waals surface area contributed by atoms with Gasteiger partial charge in [-0.15, -0.1) is 10.2 Å². The largest absolute Gasteiger partial charge is 0.330 e. The maximum absolute atomic E-state index is 12.4. The van der Waals surface area contributed by atoms with Crippen molar-refractivity contribution in [3.63, 3.8) is 0 Å². The van der Waals surface area contributed by atoms with Crippen LogP contribution in [0.3, 0.4) is 0 Å². The monoisotopic (exact) mass is 382 g/mol. The lowest BCUT2D eigenvalue weighted by molar-refractivity contribution is 0.251. The fraction of sp³-hybridized carbons (Fsp3) is 0.421. The van der Waals surface area contributed by atoms with Crippen molar-refractivity contribution < 1.29 is 4.79 Å². The van der Waals surface area contributed by atoms with E-state index in [-0.39, 0.29) is 24.0 Å². The van der Waals surface area contributed by atoms with Crippen molar-refractivity contribution in [2.45, 2.75) is 52.6 Å². The van der Waals surface area contributed by atoms with Crippen molar-refractivity contribution >= 4 is 11.7 Å². The number of rotatable bonds is 5. The van der Waals surface area contributed by atoms with Crippen LogP contribution in [0.5, 0.6) is 0 Å².